The number of aliphatic imine (C=N–C) groups is 1. The number of halogens is 1. The quantitative estimate of drug-likeness (QED) is 0.944. The number of benzene rings is 1. The molecule has 1 aromatic carbocycles. The molecule has 2 aromatic rings. The van der Waals surface area contributed by atoms with Crippen molar-refractivity contribution in [3.8, 4) is 0 Å². The molecule has 1 N–H and O–H groups in total. The third kappa shape index (κ3) is 3.52. The topological polar surface area (TPSA) is 46.5 Å². The summed E-state index contributed by atoms with van der Waals surface area (Å²) in [4.78, 5) is 8.35. The summed E-state index contributed by atoms with van der Waals surface area (Å²) in [6.45, 7) is 1.33. The second kappa shape index (κ2) is 6.59. The lowest BCUT2D eigenvalue weighted by Gasteiger charge is -2.21. The van der Waals surface area contributed by atoms with Crippen LogP contribution in [0, 0.1) is 0 Å². The van der Waals surface area contributed by atoms with Crippen molar-refractivity contribution in [1.29, 1.82) is 0 Å². The van der Waals surface area contributed by atoms with Crippen LogP contribution in [-0.4, -0.2) is 24.2 Å². The number of amidine groups is 1. The van der Waals surface area contributed by atoms with E-state index in [-0.39, 0.29) is 6.04 Å². The van der Waals surface area contributed by atoms with E-state index in [1.165, 1.54) is 5.56 Å². The molecular weight excluding hydrogens is 286 g/mol. The first kappa shape index (κ1) is 13.9. The Kier molecular flexibility index (Phi) is 4.36. The van der Waals surface area contributed by atoms with Crippen molar-refractivity contribution in [3.63, 3.8) is 0 Å². The van der Waals surface area contributed by atoms with Crippen molar-refractivity contribution >= 4 is 17.6 Å². The number of nitrogens with zero attached hydrogens (tertiary/aromatic N) is 2. The molecule has 0 fully saturated rings. The zero-order valence-electron chi connectivity index (χ0n) is 11.5. The molecule has 4 nitrogen and oxygen atoms in total. The molecule has 0 aliphatic carbocycles. The number of ether oxygens (including phenoxy) is 1. The monoisotopic (exact) mass is 301 g/mol. The maximum Gasteiger partial charge on any atom is 0.285 e. The van der Waals surface area contributed by atoms with Crippen molar-refractivity contribution < 1.29 is 4.74 Å². The molecule has 0 saturated heterocycles. The summed E-state index contributed by atoms with van der Waals surface area (Å²) >= 11 is 6.34. The van der Waals surface area contributed by atoms with Gasteiger partial charge in [0.2, 0.25) is 0 Å². The van der Waals surface area contributed by atoms with Gasteiger partial charge in [-0.25, -0.2) is 4.99 Å². The molecule has 0 amide bonds. The van der Waals surface area contributed by atoms with Gasteiger partial charge < -0.3 is 10.1 Å². The van der Waals surface area contributed by atoms with Crippen LogP contribution in [0.15, 0.2) is 53.8 Å². The summed E-state index contributed by atoms with van der Waals surface area (Å²) in [7, 11) is 0. The molecule has 1 atom stereocenters. The van der Waals surface area contributed by atoms with Crippen LogP contribution in [0.5, 0.6) is 0 Å². The maximum absolute atomic E-state index is 6.34. The van der Waals surface area contributed by atoms with E-state index in [1.807, 2.05) is 36.4 Å². The third-order valence-electron chi connectivity index (χ3n) is 3.35. The number of pyridine rings is 1. The van der Waals surface area contributed by atoms with Gasteiger partial charge in [-0.1, -0.05) is 29.8 Å². The lowest BCUT2D eigenvalue weighted by atomic mass is 9.99. The summed E-state index contributed by atoms with van der Waals surface area (Å²) in [6, 6.07) is 12.4. The van der Waals surface area contributed by atoms with E-state index in [0.717, 1.165) is 17.0 Å². The van der Waals surface area contributed by atoms with Gasteiger partial charge in [0, 0.05) is 17.4 Å². The molecule has 21 heavy (non-hydrogen) atoms. The molecule has 3 rings (SSSR count). The molecule has 0 bridgehead atoms. The van der Waals surface area contributed by atoms with Crippen molar-refractivity contribution in [3.05, 3.63) is 64.9 Å². The largest absolute Gasteiger partial charge is 0.463 e. The second-order valence-corrected chi connectivity index (χ2v) is 5.22. The average Bonchev–Trinajstić information content (AvgIpc) is 3.01. The van der Waals surface area contributed by atoms with Gasteiger partial charge in [-0.2, -0.15) is 0 Å². The Balaban J connectivity index is 1.85. The molecule has 1 aliphatic rings. The van der Waals surface area contributed by atoms with Gasteiger partial charge in [-0.15, -0.1) is 0 Å². The Morgan fingerprint density at radius 2 is 2.00 bits per heavy atom. The van der Waals surface area contributed by atoms with Crippen molar-refractivity contribution in [2.75, 3.05) is 13.2 Å². The van der Waals surface area contributed by atoms with Gasteiger partial charge in [-0.05, 0) is 35.7 Å². The van der Waals surface area contributed by atoms with Crippen LogP contribution in [0.1, 0.15) is 17.2 Å². The lowest BCUT2D eigenvalue weighted by Crippen LogP contribution is -2.30. The van der Waals surface area contributed by atoms with Gasteiger partial charge in [-0.3, -0.25) is 4.98 Å². The highest BCUT2D eigenvalue weighted by Crippen LogP contribution is 2.25. The van der Waals surface area contributed by atoms with Crippen LogP contribution in [0.3, 0.4) is 0 Å². The standard InChI is InChI=1S/C16H16ClN3O/c17-14-4-2-1-3-13(14)15(20-16-19-9-10-21-16)11-12-5-7-18-8-6-12/h1-8,15H,9-11H2,(H,19,20). The first-order chi connectivity index (χ1) is 10.3. The predicted octanol–water partition coefficient (Wildman–Crippen LogP) is 2.99. The van der Waals surface area contributed by atoms with E-state index in [0.29, 0.717) is 19.2 Å². The Hall–Kier alpha value is -2.07. The van der Waals surface area contributed by atoms with Crippen molar-refractivity contribution in [2.24, 2.45) is 4.99 Å². The number of nitrogens with one attached hydrogen (secondary N) is 1. The Labute approximate surface area is 128 Å². The van der Waals surface area contributed by atoms with E-state index < -0.39 is 0 Å². The van der Waals surface area contributed by atoms with Crippen molar-refractivity contribution in [2.45, 2.75) is 12.5 Å². The highest BCUT2D eigenvalue weighted by atomic mass is 35.5. The predicted molar refractivity (Wildman–Crippen MR) is 83.5 cm³/mol. The Morgan fingerprint density at radius 1 is 1.19 bits per heavy atom. The van der Waals surface area contributed by atoms with Gasteiger partial charge >= 0.3 is 0 Å². The molecule has 1 aliphatic heterocycles. The molecule has 2 heterocycles. The number of rotatable bonds is 4. The van der Waals surface area contributed by atoms with Gasteiger partial charge in [0.05, 0.1) is 12.6 Å². The first-order valence-corrected chi connectivity index (χ1v) is 7.28. The molecule has 1 unspecified atom stereocenters. The van der Waals surface area contributed by atoms with Crippen LogP contribution in [0.2, 0.25) is 5.02 Å². The fourth-order valence-corrected chi connectivity index (χ4v) is 2.59. The number of hydrogen-bond donors (Lipinski definition) is 1. The smallest absolute Gasteiger partial charge is 0.285 e. The van der Waals surface area contributed by atoms with E-state index in [4.69, 9.17) is 16.3 Å². The SMILES string of the molecule is Clc1ccccc1C(Cc1ccncc1)NC1=NCCO1. The van der Waals surface area contributed by atoms with Crippen LogP contribution < -0.4 is 5.32 Å². The average molecular weight is 302 g/mol. The van der Waals surface area contributed by atoms with Gasteiger partial charge in [0.25, 0.3) is 6.02 Å². The molecule has 0 radical (unpaired) electrons. The minimum absolute atomic E-state index is 0.0120. The third-order valence-corrected chi connectivity index (χ3v) is 3.70. The zero-order chi connectivity index (χ0) is 14.5. The van der Waals surface area contributed by atoms with E-state index >= 15 is 0 Å². The second-order valence-electron chi connectivity index (χ2n) is 4.81. The van der Waals surface area contributed by atoms with E-state index in [9.17, 15) is 0 Å². The summed E-state index contributed by atoms with van der Waals surface area (Å²) in [5.74, 6) is 0. The van der Waals surface area contributed by atoms with Crippen LogP contribution in [-0.2, 0) is 11.2 Å². The normalized spacial score (nSPS) is 15.2. The summed E-state index contributed by atoms with van der Waals surface area (Å²) in [6.07, 6.45) is 4.37. The fourth-order valence-electron chi connectivity index (χ4n) is 2.32. The summed E-state index contributed by atoms with van der Waals surface area (Å²) in [5.41, 5.74) is 2.22. The van der Waals surface area contributed by atoms with E-state index in [1.54, 1.807) is 12.4 Å². The number of aromatic nitrogens is 1. The van der Waals surface area contributed by atoms with Gasteiger partial charge in [0.15, 0.2) is 0 Å². The van der Waals surface area contributed by atoms with E-state index in [2.05, 4.69) is 15.3 Å². The molecule has 0 spiro atoms. The van der Waals surface area contributed by atoms with Crippen LogP contribution in [0.25, 0.3) is 0 Å². The molecular formula is C16H16ClN3O. The Morgan fingerprint density at radius 3 is 2.71 bits per heavy atom. The zero-order valence-corrected chi connectivity index (χ0v) is 12.3. The summed E-state index contributed by atoms with van der Waals surface area (Å²) < 4.78 is 5.47. The van der Waals surface area contributed by atoms with Crippen molar-refractivity contribution in [1.82, 2.24) is 10.3 Å². The fraction of sp³-hybridized carbons (Fsp3) is 0.250. The minimum atomic E-state index is 0.0120. The first-order valence-electron chi connectivity index (χ1n) is 6.90. The summed E-state index contributed by atoms with van der Waals surface area (Å²) in [5, 5.41) is 4.08. The molecule has 1 aromatic heterocycles. The molecule has 0 saturated carbocycles. The Bertz CT molecular complexity index is 630. The number of hydrogen-bond acceptors (Lipinski definition) is 4. The molecule has 5 heteroatoms. The highest BCUT2D eigenvalue weighted by molar-refractivity contribution is 6.31. The highest BCUT2D eigenvalue weighted by Gasteiger charge is 2.19. The van der Waals surface area contributed by atoms with Crippen LogP contribution >= 0.6 is 11.6 Å². The van der Waals surface area contributed by atoms with Crippen LogP contribution in [0.4, 0.5) is 0 Å². The molecule has 108 valence electrons. The van der Waals surface area contributed by atoms with Gasteiger partial charge in [0.1, 0.15) is 6.61 Å². The maximum atomic E-state index is 6.34. The minimum Gasteiger partial charge on any atom is -0.463 e. The lowest BCUT2D eigenvalue weighted by molar-refractivity contribution is 0.325.